The van der Waals surface area contributed by atoms with Crippen molar-refractivity contribution in [1.82, 2.24) is 5.32 Å². The number of hydrogen-bond acceptors (Lipinski definition) is 4. The van der Waals surface area contributed by atoms with Crippen LogP contribution in [0.25, 0.3) is 0 Å². The van der Waals surface area contributed by atoms with E-state index in [-0.39, 0.29) is 18.9 Å². The van der Waals surface area contributed by atoms with Crippen molar-refractivity contribution < 1.29 is 20.1 Å². The van der Waals surface area contributed by atoms with Crippen LogP contribution in [0.4, 0.5) is 0 Å². The van der Waals surface area contributed by atoms with Gasteiger partial charge in [-0.3, -0.25) is 4.79 Å². The van der Waals surface area contributed by atoms with Crippen LogP contribution in [-0.2, 0) is 4.79 Å². The maximum absolute atomic E-state index is 12.5. The highest BCUT2D eigenvalue weighted by molar-refractivity contribution is 5.76. The SMILES string of the molecule is CCCCCCCCCCCCCCCCC/C=C/CC/C=C/CC/C=C/C(O)C(CO)NC(=O)CC(O)CCCCCCCCCCCCCCCCCCCCCCC. The Bertz CT molecular complexity index is 947. The number of aliphatic hydroxyl groups excluding tert-OH is 3. The van der Waals surface area contributed by atoms with Gasteiger partial charge in [-0.15, -0.1) is 0 Å². The van der Waals surface area contributed by atoms with Crippen LogP contribution >= 0.6 is 0 Å². The minimum absolute atomic E-state index is 0.00557. The molecular formula is C56H107NO4. The van der Waals surface area contributed by atoms with Gasteiger partial charge in [-0.1, -0.05) is 275 Å². The second-order valence-electron chi connectivity index (χ2n) is 18.8. The molecule has 0 bridgehead atoms. The summed E-state index contributed by atoms with van der Waals surface area (Å²) in [7, 11) is 0. The zero-order chi connectivity index (χ0) is 44.4. The zero-order valence-corrected chi connectivity index (χ0v) is 41.1. The summed E-state index contributed by atoms with van der Waals surface area (Å²) in [5.74, 6) is -0.325. The Balaban J connectivity index is 3.64. The van der Waals surface area contributed by atoms with Gasteiger partial charge in [0.2, 0.25) is 5.91 Å². The van der Waals surface area contributed by atoms with Crippen molar-refractivity contribution in [3.8, 4) is 0 Å². The monoisotopic (exact) mass is 858 g/mol. The van der Waals surface area contributed by atoms with E-state index in [4.69, 9.17) is 0 Å². The molecule has 5 heteroatoms. The van der Waals surface area contributed by atoms with Crippen molar-refractivity contribution in [1.29, 1.82) is 0 Å². The van der Waals surface area contributed by atoms with Crippen molar-refractivity contribution in [3.63, 3.8) is 0 Å². The average Bonchev–Trinajstić information content (AvgIpc) is 3.25. The van der Waals surface area contributed by atoms with Crippen molar-refractivity contribution in [2.75, 3.05) is 6.61 Å². The molecule has 360 valence electrons. The van der Waals surface area contributed by atoms with Crippen molar-refractivity contribution >= 4 is 5.91 Å². The molecule has 0 heterocycles. The molecule has 0 aromatic rings. The Morgan fingerprint density at radius 1 is 0.410 bits per heavy atom. The summed E-state index contributed by atoms with van der Waals surface area (Å²) in [4.78, 5) is 12.5. The number of allylic oxidation sites excluding steroid dienone is 5. The molecule has 0 saturated carbocycles. The normalized spacial score (nSPS) is 13.6. The van der Waals surface area contributed by atoms with Gasteiger partial charge in [0.1, 0.15) is 0 Å². The van der Waals surface area contributed by atoms with Crippen LogP contribution in [-0.4, -0.2) is 46.1 Å². The molecule has 0 aliphatic rings. The van der Waals surface area contributed by atoms with Crippen LogP contribution in [0.3, 0.4) is 0 Å². The number of hydrogen-bond donors (Lipinski definition) is 4. The number of nitrogens with one attached hydrogen (secondary N) is 1. The van der Waals surface area contributed by atoms with Gasteiger partial charge in [0.25, 0.3) is 0 Å². The minimum atomic E-state index is -0.959. The van der Waals surface area contributed by atoms with Gasteiger partial charge in [0.15, 0.2) is 0 Å². The summed E-state index contributed by atoms with van der Waals surface area (Å²) in [6.07, 6.45) is 66.1. The van der Waals surface area contributed by atoms with Crippen LogP contribution in [0.1, 0.15) is 290 Å². The van der Waals surface area contributed by atoms with Crippen molar-refractivity contribution in [2.24, 2.45) is 0 Å². The molecule has 0 aliphatic carbocycles. The molecule has 0 saturated heterocycles. The van der Waals surface area contributed by atoms with Gasteiger partial charge in [-0.25, -0.2) is 0 Å². The van der Waals surface area contributed by atoms with E-state index in [1.54, 1.807) is 6.08 Å². The lowest BCUT2D eigenvalue weighted by atomic mass is 10.0. The molecule has 0 aromatic heterocycles. The predicted molar refractivity (Wildman–Crippen MR) is 268 cm³/mol. The third-order valence-electron chi connectivity index (χ3n) is 12.7. The van der Waals surface area contributed by atoms with E-state index in [2.05, 4.69) is 43.5 Å². The Morgan fingerprint density at radius 3 is 1.05 bits per heavy atom. The van der Waals surface area contributed by atoms with E-state index in [0.29, 0.717) is 6.42 Å². The molecule has 0 spiro atoms. The Kier molecular flexibility index (Phi) is 50.0. The van der Waals surface area contributed by atoms with E-state index >= 15 is 0 Å². The molecular weight excluding hydrogens is 751 g/mol. The Hall–Kier alpha value is -1.43. The maximum Gasteiger partial charge on any atom is 0.222 e. The lowest BCUT2D eigenvalue weighted by molar-refractivity contribution is -0.124. The zero-order valence-electron chi connectivity index (χ0n) is 41.1. The van der Waals surface area contributed by atoms with Gasteiger partial charge < -0.3 is 20.6 Å². The molecule has 1 amide bonds. The van der Waals surface area contributed by atoms with Crippen molar-refractivity contribution in [3.05, 3.63) is 36.5 Å². The van der Waals surface area contributed by atoms with Gasteiger partial charge in [0, 0.05) is 0 Å². The smallest absolute Gasteiger partial charge is 0.222 e. The lowest BCUT2D eigenvalue weighted by Gasteiger charge is -2.21. The number of rotatable bonds is 50. The number of aliphatic hydroxyl groups is 3. The quantitative estimate of drug-likeness (QED) is 0.0362. The largest absolute Gasteiger partial charge is 0.394 e. The van der Waals surface area contributed by atoms with Crippen molar-refractivity contribution in [2.45, 2.75) is 308 Å². The molecule has 61 heavy (non-hydrogen) atoms. The van der Waals surface area contributed by atoms with E-state index in [1.807, 2.05) is 6.08 Å². The van der Waals surface area contributed by atoms with Gasteiger partial charge in [-0.05, 0) is 44.9 Å². The lowest BCUT2D eigenvalue weighted by Crippen LogP contribution is -2.45. The topological polar surface area (TPSA) is 89.8 Å². The van der Waals surface area contributed by atoms with Crippen LogP contribution in [0.5, 0.6) is 0 Å². The fraction of sp³-hybridized carbons (Fsp3) is 0.875. The molecule has 0 aromatic carbocycles. The van der Waals surface area contributed by atoms with E-state index < -0.39 is 18.2 Å². The number of carbonyl (C=O) groups is 1. The molecule has 3 unspecified atom stereocenters. The molecule has 3 atom stereocenters. The molecule has 4 N–H and O–H groups in total. The van der Waals surface area contributed by atoms with Crippen LogP contribution in [0, 0.1) is 0 Å². The first-order chi connectivity index (χ1) is 30.0. The van der Waals surface area contributed by atoms with E-state index in [0.717, 1.165) is 38.5 Å². The Labute approximate surface area is 381 Å². The van der Waals surface area contributed by atoms with Gasteiger partial charge >= 0.3 is 0 Å². The first-order valence-electron chi connectivity index (χ1n) is 27.3. The Morgan fingerprint density at radius 2 is 0.705 bits per heavy atom. The average molecular weight is 858 g/mol. The number of unbranched alkanes of at least 4 members (excludes halogenated alkanes) is 37. The van der Waals surface area contributed by atoms with Gasteiger partial charge in [-0.2, -0.15) is 0 Å². The summed E-state index contributed by atoms with van der Waals surface area (Å²) in [6.45, 7) is 4.23. The van der Waals surface area contributed by atoms with Crippen LogP contribution in [0.2, 0.25) is 0 Å². The standard InChI is InChI=1S/C56H107NO4/c1-3-5-7-9-11-13-15-17-19-21-23-25-26-27-28-30-32-34-36-38-40-42-44-46-48-50-55(60)54(52-58)57-56(61)51-53(59)49-47-45-43-41-39-37-35-33-31-29-24-22-20-18-16-14-12-10-8-6-4-2/h32,34,40,42,48,50,53-55,58-60H,3-31,33,35-39,41,43-47,49,51-52H2,1-2H3,(H,57,61)/b34-32+,42-40+,50-48+. The minimum Gasteiger partial charge on any atom is -0.394 e. The molecule has 0 fully saturated rings. The molecule has 0 radical (unpaired) electrons. The summed E-state index contributed by atoms with van der Waals surface area (Å²) >= 11 is 0. The molecule has 0 aliphatic heterocycles. The second kappa shape index (κ2) is 51.2. The summed E-state index contributed by atoms with van der Waals surface area (Å²) in [5.41, 5.74) is 0. The third-order valence-corrected chi connectivity index (χ3v) is 12.7. The number of amides is 1. The first-order valence-corrected chi connectivity index (χ1v) is 27.3. The van der Waals surface area contributed by atoms with E-state index in [1.165, 1.54) is 225 Å². The summed E-state index contributed by atoms with van der Waals surface area (Å²) < 4.78 is 0. The molecule has 0 rings (SSSR count). The fourth-order valence-corrected chi connectivity index (χ4v) is 8.49. The van der Waals surface area contributed by atoms with Crippen LogP contribution < -0.4 is 5.32 Å². The first kappa shape index (κ1) is 59.6. The number of carbonyl (C=O) groups excluding carboxylic acids is 1. The predicted octanol–water partition coefficient (Wildman–Crippen LogP) is 16.7. The molecule has 5 nitrogen and oxygen atoms in total. The van der Waals surface area contributed by atoms with Crippen LogP contribution in [0.15, 0.2) is 36.5 Å². The van der Waals surface area contributed by atoms with Gasteiger partial charge in [0.05, 0.1) is 31.3 Å². The third kappa shape index (κ3) is 47.9. The highest BCUT2D eigenvalue weighted by atomic mass is 16.3. The summed E-state index contributed by atoms with van der Waals surface area (Å²) in [6, 6.07) is -0.766. The fourth-order valence-electron chi connectivity index (χ4n) is 8.49. The summed E-state index contributed by atoms with van der Waals surface area (Å²) in [5, 5.41) is 33.4. The second-order valence-corrected chi connectivity index (χ2v) is 18.8. The maximum atomic E-state index is 12.5. The highest BCUT2D eigenvalue weighted by Crippen LogP contribution is 2.17. The van der Waals surface area contributed by atoms with E-state index in [9.17, 15) is 20.1 Å². The highest BCUT2D eigenvalue weighted by Gasteiger charge is 2.20.